The van der Waals surface area contributed by atoms with Gasteiger partial charge in [-0.05, 0) is 153 Å². The predicted molar refractivity (Wildman–Crippen MR) is 184 cm³/mol. The Morgan fingerprint density at radius 2 is 1.46 bits per heavy atom. The van der Waals surface area contributed by atoms with Crippen molar-refractivity contribution in [2.24, 2.45) is 62.1 Å². The molecule has 7 aliphatic rings. The summed E-state index contributed by atoms with van der Waals surface area (Å²) in [5.74, 6) is 4.17. The van der Waals surface area contributed by atoms with E-state index in [1.54, 1.807) is 7.11 Å². The minimum atomic E-state index is -0.130. The zero-order valence-electron chi connectivity index (χ0n) is 30.8. The minimum Gasteiger partial charge on any atom is -0.382 e. The summed E-state index contributed by atoms with van der Waals surface area (Å²) >= 11 is 0. The second kappa shape index (κ2) is 12.0. The number of piperidine rings is 1. The number of carbonyl (C=O) groups is 1. The summed E-state index contributed by atoms with van der Waals surface area (Å²) in [4.78, 5) is 17.3. The fraction of sp³-hybridized carbons (Fsp3) is 0.951. The maximum absolute atomic E-state index is 15.0. The van der Waals surface area contributed by atoms with Crippen molar-refractivity contribution in [3.8, 4) is 0 Å². The molecule has 1 radical (unpaired) electrons. The Bertz CT molecular complexity index is 1130. The molecule has 0 N–H and O–H groups in total. The van der Waals surface area contributed by atoms with Gasteiger partial charge in [0, 0.05) is 20.2 Å². The minimum absolute atomic E-state index is 0.130. The summed E-state index contributed by atoms with van der Waals surface area (Å²) in [7, 11) is 1.70. The molecule has 261 valence electrons. The van der Waals surface area contributed by atoms with E-state index < -0.39 is 0 Å². The van der Waals surface area contributed by atoms with Crippen molar-refractivity contribution in [2.75, 3.05) is 46.6 Å². The molecule has 1 heterocycles. The highest BCUT2D eigenvalue weighted by atomic mass is 16.5. The van der Waals surface area contributed by atoms with Gasteiger partial charge in [-0.1, -0.05) is 41.5 Å². The molecule has 1 amide bonds. The maximum Gasteiger partial charge on any atom is 0.229 e. The lowest BCUT2D eigenvalue weighted by atomic mass is 9.32. The molecule has 0 bridgehead atoms. The molecule has 7 fully saturated rings. The summed E-state index contributed by atoms with van der Waals surface area (Å²) in [5, 5.41) is 0. The molecule has 6 aliphatic carbocycles. The van der Waals surface area contributed by atoms with Gasteiger partial charge in [0.25, 0.3) is 0 Å². The van der Waals surface area contributed by atoms with Gasteiger partial charge in [-0.2, -0.15) is 0 Å². The fourth-order valence-corrected chi connectivity index (χ4v) is 14.2. The van der Waals surface area contributed by atoms with Crippen molar-refractivity contribution in [3.63, 3.8) is 0 Å². The average molecular weight is 639 g/mol. The Kier molecular flexibility index (Phi) is 8.82. The van der Waals surface area contributed by atoms with Crippen molar-refractivity contribution >= 4 is 5.91 Å². The van der Waals surface area contributed by atoms with Crippen molar-refractivity contribution in [3.05, 3.63) is 6.42 Å². The third-order valence-electron chi connectivity index (χ3n) is 17.1. The van der Waals surface area contributed by atoms with Gasteiger partial charge in [-0.15, -0.1) is 0 Å². The van der Waals surface area contributed by atoms with Gasteiger partial charge in [0.2, 0.25) is 5.91 Å². The van der Waals surface area contributed by atoms with E-state index in [4.69, 9.17) is 14.2 Å². The second-order valence-corrected chi connectivity index (χ2v) is 19.2. The lowest BCUT2D eigenvalue weighted by Crippen LogP contribution is -2.67. The largest absolute Gasteiger partial charge is 0.382 e. The molecule has 46 heavy (non-hydrogen) atoms. The predicted octanol–water partition coefficient (Wildman–Crippen LogP) is 8.74. The Hall–Kier alpha value is -0.650. The Morgan fingerprint density at radius 1 is 0.717 bits per heavy atom. The number of hydrogen-bond donors (Lipinski definition) is 0. The molecule has 0 aromatic heterocycles. The molecule has 0 aromatic rings. The summed E-state index contributed by atoms with van der Waals surface area (Å²) in [6.07, 6.45) is 20.6. The monoisotopic (exact) mass is 639 g/mol. The number of carbonyl (C=O) groups excluding carboxylic acids is 1. The zero-order valence-corrected chi connectivity index (χ0v) is 30.8. The van der Waals surface area contributed by atoms with Gasteiger partial charge in [0.05, 0.1) is 37.9 Å². The van der Waals surface area contributed by atoms with Crippen molar-refractivity contribution in [2.45, 2.75) is 138 Å². The highest BCUT2D eigenvalue weighted by Crippen LogP contribution is 2.79. The van der Waals surface area contributed by atoms with E-state index in [9.17, 15) is 0 Å². The van der Waals surface area contributed by atoms with Crippen LogP contribution < -0.4 is 0 Å². The molecule has 0 unspecified atom stereocenters. The first kappa shape index (κ1) is 33.8. The van der Waals surface area contributed by atoms with Crippen LogP contribution >= 0.6 is 0 Å². The Balaban J connectivity index is 1.10. The number of methoxy groups -OCH3 is 1. The number of nitrogens with zero attached hydrogens (tertiary/aromatic N) is 1. The number of fused-ring (bicyclic) bond motifs is 7. The molecule has 0 aromatic carbocycles. The number of amides is 1. The molecular formula is C41H68NO4. The van der Waals surface area contributed by atoms with Gasteiger partial charge in [0.15, 0.2) is 0 Å². The molecule has 0 spiro atoms. The van der Waals surface area contributed by atoms with E-state index in [1.807, 2.05) is 0 Å². The van der Waals surface area contributed by atoms with Crippen molar-refractivity contribution in [1.29, 1.82) is 0 Å². The molecular weight excluding hydrogens is 570 g/mol. The van der Waals surface area contributed by atoms with Crippen LogP contribution in [0, 0.1) is 68.5 Å². The van der Waals surface area contributed by atoms with E-state index >= 15 is 4.79 Å². The normalized spacial score (nSPS) is 46.2. The molecule has 7 rings (SSSR count). The standard InChI is InChI=1S/C41H68NO4/c1-36(2)15-8-16-38(4)32(36)12-17-40(6)33(38)10-9-31-34-30(37(3)19-20-37)11-18-41(34,22-21-39(31,40)5)35(43)42-23-13-29(14-24-42)46-28-27-45-26-25-44-7/h15,29-34H,8-14,16-28H2,1-7H3/t30-,31-,32-,33-,34-,38-,39-,40-,41+/m1/s1. The summed E-state index contributed by atoms with van der Waals surface area (Å²) < 4.78 is 16.9. The van der Waals surface area contributed by atoms with E-state index in [0.29, 0.717) is 71.2 Å². The molecule has 1 aliphatic heterocycles. The SMILES string of the molecule is COCCOCCOC1CCN(C(=O)[C@]23CC[C@@H](C4(C)CC4)[C@@H]2[C@H]2CC[C@@H]4[C@]5(C)CC[CH]C(C)(C)[C@H]5CC[C@@]4(C)[C@]2(C)CC3)CC1. The van der Waals surface area contributed by atoms with Crippen LogP contribution in [0.25, 0.3) is 0 Å². The lowest BCUT2D eigenvalue weighted by Gasteiger charge is -2.72. The summed E-state index contributed by atoms with van der Waals surface area (Å²) in [5.41, 5.74) is 1.86. The quantitative estimate of drug-likeness (QED) is 0.237. The van der Waals surface area contributed by atoms with Crippen molar-refractivity contribution < 1.29 is 19.0 Å². The van der Waals surface area contributed by atoms with Gasteiger partial charge in [-0.25, -0.2) is 0 Å². The number of rotatable bonds is 9. The van der Waals surface area contributed by atoms with Gasteiger partial charge >= 0.3 is 0 Å². The number of likely N-dealkylation sites (tertiary alicyclic amines) is 1. The first-order valence-electron chi connectivity index (χ1n) is 19.7. The lowest BCUT2D eigenvalue weighted by molar-refractivity contribution is -0.235. The maximum atomic E-state index is 15.0. The van der Waals surface area contributed by atoms with Gasteiger partial charge < -0.3 is 19.1 Å². The zero-order chi connectivity index (χ0) is 32.6. The summed E-state index contributed by atoms with van der Waals surface area (Å²) in [6, 6.07) is 0. The first-order chi connectivity index (χ1) is 21.8. The van der Waals surface area contributed by atoms with E-state index in [0.717, 1.165) is 56.5 Å². The highest BCUT2D eigenvalue weighted by Gasteiger charge is 2.73. The number of ether oxygens (including phenoxy) is 3. The first-order valence-corrected chi connectivity index (χ1v) is 19.7. The highest BCUT2D eigenvalue weighted by molar-refractivity contribution is 5.84. The molecule has 1 saturated heterocycles. The van der Waals surface area contributed by atoms with Crippen LogP contribution in [0.2, 0.25) is 0 Å². The van der Waals surface area contributed by atoms with Crippen LogP contribution in [0.3, 0.4) is 0 Å². The topological polar surface area (TPSA) is 48.0 Å². The molecule has 9 atom stereocenters. The Morgan fingerprint density at radius 3 is 2.17 bits per heavy atom. The Labute approximate surface area is 282 Å². The van der Waals surface area contributed by atoms with E-state index in [-0.39, 0.29) is 11.5 Å². The third-order valence-corrected chi connectivity index (χ3v) is 17.1. The molecule has 5 nitrogen and oxygen atoms in total. The van der Waals surface area contributed by atoms with Crippen LogP contribution in [0.5, 0.6) is 0 Å². The average Bonchev–Trinajstić information content (AvgIpc) is 3.64. The van der Waals surface area contributed by atoms with Crippen LogP contribution in [0.1, 0.15) is 131 Å². The van der Waals surface area contributed by atoms with Gasteiger partial charge in [-0.3, -0.25) is 4.79 Å². The van der Waals surface area contributed by atoms with Gasteiger partial charge in [0.1, 0.15) is 0 Å². The van der Waals surface area contributed by atoms with Crippen LogP contribution in [-0.2, 0) is 19.0 Å². The second-order valence-electron chi connectivity index (χ2n) is 19.2. The fourth-order valence-electron chi connectivity index (χ4n) is 14.2. The number of hydrogen-bond acceptors (Lipinski definition) is 4. The van der Waals surface area contributed by atoms with Crippen molar-refractivity contribution in [1.82, 2.24) is 4.90 Å². The molecule has 6 saturated carbocycles. The smallest absolute Gasteiger partial charge is 0.229 e. The summed E-state index contributed by atoms with van der Waals surface area (Å²) in [6.45, 7) is 20.1. The van der Waals surface area contributed by atoms with E-state index in [2.05, 4.69) is 52.9 Å². The molecule has 5 heteroatoms. The van der Waals surface area contributed by atoms with Crippen LogP contribution in [0.4, 0.5) is 0 Å². The van der Waals surface area contributed by atoms with Crippen LogP contribution in [-0.4, -0.2) is 63.5 Å². The third kappa shape index (κ3) is 5.11. The van der Waals surface area contributed by atoms with Crippen LogP contribution in [0.15, 0.2) is 0 Å². The van der Waals surface area contributed by atoms with E-state index in [1.165, 1.54) is 64.2 Å².